The molecule has 0 saturated carbocycles. The van der Waals surface area contributed by atoms with Gasteiger partial charge in [0.25, 0.3) is 0 Å². The molecule has 0 aromatic heterocycles. The van der Waals surface area contributed by atoms with Gasteiger partial charge in [-0.2, -0.15) is 4.39 Å². The number of benzene rings is 1. The van der Waals surface area contributed by atoms with Crippen molar-refractivity contribution in [2.75, 3.05) is 4.34 Å². The zero-order valence-electron chi connectivity index (χ0n) is 5.75. The molecule has 1 aromatic carbocycles. The molecule has 4 nitrogen and oxygen atoms in total. The molecule has 0 aliphatic heterocycles. The van der Waals surface area contributed by atoms with Crippen molar-refractivity contribution in [1.82, 2.24) is 0 Å². The minimum Gasteiger partial charge on any atom is -0.322 e. The molecular formula is C6H4BrFN2O2. The van der Waals surface area contributed by atoms with E-state index in [1.165, 1.54) is 6.07 Å². The number of rotatable bonds is 2. The summed E-state index contributed by atoms with van der Waals surface area (Å²) >= 11 is 2.87. The second-order valence-electron chi connectivity index (χ2n) is 2.02. The molecule has 1 N–H and O–H groups in total. The highest BCUT2D eigenvalue weighted by molar-refractivity contribution is 9.10. The van der Waals surface area contributed by atoms with Crippen LogP contribution < -0.4 is 4.34 Å². The molecule has 0 spiro atoms. The number of halogens is 2. The lowest BCUT2D eigenvalue weighted by Crippen LogP contribution is -1.92. The quantitative estimate of drug-likeness (QED) is 0.486. The molecule has 0 radical (unpaired) electrons. The highest BCUT2D eigenvalue weighted by Crippen LogP contribution is 2.21. The molecular weight excluding hydrogens is 231 g/mol. The first-order valence-corrected chi connectivity index (χ1v) is 3.75. The van der Waals surface area contributed by atoms with Crippen molar-refractivity contribution in [1.29, 1.82) is 0 Å². The number of nitrogens with one attached hydrogen (secondary N) is 1. The third-order valence-electron chi connectivity index (χ3n) is 1.25. The topological polar surface area (TPSA) is 55.2 Å². The van der Waals surface area contributed by atoms with Crippen molar-refractivity contribution >= 4 is 27.5 Å². The molecule has 64 valence electrons. The summed E-state index contributed by atoms with van der Waals surface area (Å²) in [5, 5.41) is 10.2. The van der Waals surface area contributed by atoms with Crippen LogP contribution in [0.5, 0.6) is 0 Å². The molecule has 0 unspecified atom stereocenters. The molecule has 0 fully saturated rings. The summed E-state index contributed by atoms with van der Waals surface area (Å²) in [5.41, 5.74) is -0.0976. The zero-order valence-corrected chi connectivity index (χ0v) is 7.34. The van der Waals surface area contributed by atoms with E-state index in [4.69, 9.17) is 0 Å². The van der Waals surface area contributed by atoms with Gasteiger partial charge in [0.2, 0.25) is 5.82 Å². The van der Waals surface area contributed by atoms with E-state index in [1.54, 1.807) is 0 Å². The predicted octanol–water partition coefficient (Wildman–Crippen LogP) is 2.46. The van der Waals surface area contributed by atoms with E-state index in [-0.39, 0.29) is 0 Å². The summed E-state index contributed by atoms with van der Waals surface area (Å²) < 4.78 is 15.3. The molecule has 0 heterocycles. The lowest BCUT2D eigenvalue weighted by atomic mass is 10.3. The Balaban J connectivity index is 3.12. The van der Waals surface area contributed by atoms with Gasteiger partial charge in [0.15, 0.2) is 0 Å². The molecule has 1 aromatic rings. The van der Waals surface area contributed by atoms with Gasteiger partial charge in [-0.15, -0.1) is 0 Å². The van der Waals surface area contributed by atoms with Crippen LogP contribution >= 0.6 is 16.1 Å². The maximum Gasteiger partial charge on any atom is 0.304 e. The van der Waals surface area contributed by atoms with Crippen molar-refractivity contribution in [3.05, 3.63) is 34.1 Å². The van der Waals surface area contributed by atoms with Gasteiger partial charge in [0, 0.05) is 34.0 Å². The maximum absolute atomic E-state index is 12.8. The largest absolute Gasteiger partial charge is 0.322 e. The van der Waals surface area contributed by atoms with Crippen LogP contribution in [0.3, 0.4) is 0 Å². The van der Waals surface area contributed by atoms with Crippen molar-refractivity contribution in [2.24, 2.45) is 0 Å². The molecule has 1 rings (SSSR count). The second-order valence-corrected chi connectivity index (χ2v) is 2.41. The van der Waals surface area contributed by atoms with E-state index in [2.05, 4.69) is 20.5 Å². The minimum absolute atomic E-state index is 0.429. The van der Waals surface area contributed by atoms with Crippen molar-refractivity contribution in [3.63, 3.8) is 0 Å². The number of nitro benzene ring substituents is 1. The normalized spacial score (nSPS) is 9.50. The molecule has 0 amide bonds. The Bertz CT molecular complexity index is 318. The van der Waals surface area contributed by atoms with E-state index < -0.39 is 16.4 Å². The summed E-state index contributed by atoms with van der Waals surface area (Å²) in [6.07, 6.45) is 0. The van der Waals surface area contributed by atoms with Crippen molar-refractivity contribution < 1.29 is 9.31 Å². The molecule has 0 aliphatic carbocycles. The average molecular weight is 235 g/mol. The maximum atomic E-state index is 12.8. The molecule has 0 saturated heterocycles. The summed E-state index contributed by atoms with van der Waals surface area (Å²) in [6.45, 7) is 0. The Morgan fingerprint density at radius 2 is 2.25 bits per heavy atom. The van der Waals surface area contributed by atoms with Gasteiger partial charge >= 0.3 is 5.69 Å². The van der Waals surface area contributed by atoms with Crippen LogP contribution in [0.1, 0.15) is 0 Å². The van der Waals surface area contributed by atoms with Crippen LogP contribution in [0.15, 0.2) is 18.2 Å². The monoisotopic (exact) mass is 234 g/mol. The van der Waals surface area contributed by atoms with E-state index in [0.717, 1.165) is 12.1 Å². The number of nitro groups is 1. The number of nitrogens with zero attached hydrogens (tertiary/aromatic N) is 1. The highest BCUT2D eigenvalue weighted by atomic mass is 79.9. The smallest absolute Gasteiger partial charge is 0.304 e. The first-order chi connectivity index (χ1) is 5.65. The fraction of sp³-hybridized carbons (Fsp3) is 0. The Labute approximate surface area is 75.9 Å². The number of hydrogen-bond donors (Lipinski definition) is 1. The van der Waals surface area contributed by atoms with Crippen molar-refractivity contribution in [3.8, 4) is 0 Å². The van der Waals surface area contributed by atoms with E-state index in [9.17, 15) is 14.5 Å². The lowest BCUT2D eigenvalue weighted by molar-refractivity contribution is -0.387. The average Bonchev–Trinajstić information content (AvgIpc) is 2.03. The van der Waals surface area contributed by atoms with E-state index >= 15 is 0 Å². The van der Waals surface area contributed by atoms with E-state index in [0.29, 0.717) is 5.69 Å². The fourth-order valence-electron chi connectivity index (χ4n) is 0.714. The second kappa shape index (κ2) is 3.48. The molecule has 0 aliphatic rings. The fourth-order valence-corrected chi connectivity index (χ4v) is 0.960. The van der Waals surface area contributed by atoms with E-state index in [1.807, 2.05) is 0 Å². The van der Waals surface area contributed by atoms with Gasteiger partial charge in [-0.3, -0.25) is 10.1 Å². The van der Waals surface area contributed by atoms with Gasteiger partial charge in [0.05, 0.1) is 4.92 Å². The first kappa shape index (κ1) is 8.92. The molecule has 6 heteroatoms. The number of hydrogen-bond acceptors (Lipinski definition) is 3. The molecule has 12 heavy (non-hydrogen) atoms. The first-order valence-electron chi connectivity index (χ1n) is 2.95. The van der Waals surface area contributed by atoms with Crippen LogP contribution in [-0.4, -0.2) is 4.92 Å². The Hall–Kier alpha value is -1.17. The van der Waals surface area contributed by atoms with Gasteiger partial charge < -0.3 is 4.34 Å². The summed E-state index contributed by atoms with van der Waals surface area (Å²) in [4.78, 5) is 9.38. The van der Waals surface area contributed by atoms with Crippen LogP contribution in [0, 0.1) is 15.9 Å². The van der Waals surface area contributed by atoms with Crippen LogP contribution in [0.4, 0.5) is 15.8 Å². The van der Waals surface area contributed by atoms with Crippen LogP contribution in [0.2, 0.25) is 0 Å². The summed E-state index contributed by atoms with van der Waals surface area (Å²) in [7, 11) is 0. The lowest BCUT2D eigenvalue weighted by Gasteiger charge is -1.97. The van der Waals surface area contributed by atoms with Crippen LogP contribution in [0.25, 0.3) is 0 Å². The third-order valence-corrected chi connectivity index (χ3v) is 1.71. The predicted molar refractivity (Wildman–Crippen MR) is 45.6 cm³/mol. The van der Waals surface area contributed by atoms with Crippen molar-refractivity contribution in [2.45, 2.75) is 0 Å². The van der Waals surface area contributed by atoms with Crippen LogP contribution in [-0.2, 0) is 0 Å². The molecule has 0 atom stereocenters. The standard InChI is InChI=1S/C6H4BrFN2O2/c7-9-4-1-2-6(10(11)12)5(8)3-4/h1-3,9H. The SMILES string of the molecule is O=[N+]([O-])c1ccc(NBr)cc1F. The summed E-state index contributed by atoms with van der Waals surface area (Å²) in [6, 6.07) is 3.53. The van der Waals surface area contributed by atoms with Gasteiger partial charge in [-0.05, 0) is 6.07 Å². The van der Waals surface area contributed by atoms with Gasteiger partial charge in [0.1, 0.15) is 0 Å². The molecule has 0 bridgehead atoms. The Morgan fingerprint density at radius 1 is 1.58 bits per heavy atom. The Kier molecular flexibility index (Phi) is 2.59. The number of anilines is 1. The van der Waals surface area contributed by atoms with Gasteiger partial charge in [-0.1, -0.05) is 0 Å². The zero-order chi connectivity index (χ0) is 9.14. The summed E-state index contributed by atoms with van der Waals surface area (Å²) in [5.74, 6) is -0.857. The van der Waals surface area contributed by atoms with Gasteiger partial charge in [-0.25, -0.2) is 0 Å². The Morgan fingerprint density at radius 3 is 2.67 bits per heavy atom. The highest BCUT2D eigenvalue weighted by Gasteiger charge is 2.12. The third kappa shape index (κ3) is 1.70. The minimum atomic E-state index is -0.857.